The van der Waals surface area contributed by atoms with Crippen LogP contribution in [0.15, 0.2) is 35.7 Å². The van der Waals surface area contributed by atoms with Gasteiger partial charge in [0.1, 0.15) is 5.00 Å². The second-order valence-electron chi connectivity index (χ2n) is 6.32. The first-order valence-electron chi connectivity index (χ1n) is 9.01. The van der Waals surface area contributed by atoms with E-state index in [0.717, 1.165) is 43.4 Å². The van der Waals surface area contributed by atoms with E-state index in [4.69, 9.17) is 16.3 Å². The van der Waals surface area contributed by atoms with Gasteiger partial charge in [0, 0.05) is 39.3 Å². The summed E-state index contributed by atoms with van der Waals surface area (Å²) in [5.74, 6) is -0.465. The number of piperazine rings is 1. The summed E-state index contributed by atoms with van der Waals surface area (Å²) in [5.41, 5.74) is 1.43. The highest BCUT2D eigenvalue weighted by molar-refractivity contribution is 7.14. The Hall–Kier alpha value is -2.29. The maximum absolute atomic E-state index is 12.1. The maximum atomic E-state index is 12.1. The van der Waals surface area contributed by atoms with Gasteiger partial charge in [0.25, 0.3) is 0 Å². The fourth-order valence-electron chi connectivity index (χ4n) is 3.07. The van der Waals surface area contributed by atoms with E-state index in [9.17, 15) is 9.59 Å². The molecule has 1 aromatic carbocycles. The van der Waals surface area contributed by atoms with Crippen molar-refractivity contribution in [2.45, 2.75) is 0 Å². The summed E-state index contributed by atoms with van der Waals surface area (Å²) in [6, 6.07) is 9.17. The first-order valence-corrected chi connectivity index (χ1v) is 10.3. The van der Waals surface area contributed by atoms with Gasteiger partial charge in [-0.25, -0.2) is 9.59 Å². The number of urea groups is 1. The average Bonchev–Trinajstić information content (AvgIpc) is 3.16. The van der Waals surface area contributed by atoms with Gasteiger partial charge in [-0.05, 0) is 23.6 Å². The van der Waals surface area contributed by atoms with E-state index >= 15 is 0 Å². The van der Waals surface area contributed by atoms with Crippen LogP contribution in [0.5, 0.6) is 0 Å². The molecule has 3 rings (SSSR count). The van der Waals surface area contributed by atoms with E-state index in [1.807, 2.05) is 24.3 Å². The molecule has 2 aromatic rings. The van der Waals surface area contributed by atoms with Gasteiger partial charge in [-0.1, -0.05) is 23.7 Å². The Morgan fingerprint density at radius 2 is 1.93 bits per heavy atom. The molecule has 2 amide bonds. The topological polar surface area (TPSA) is 73.9 Å². The van der Waals surface area contributed by atoms with E-state index in [1.165, 1.54) is 18.4 Å². The van der Waals surface area contributed by atoms with Crippen LogP contribution in [0.3, 0.4) is 0 Å². The van der Waals surface area contributed by atoms with Gasteiger partial charge in [0.15, 0.2) is 0 Å². The molecular formula is C19H23ClN4O3S. The van der Waals surface area contributed by atoms with Crippen LogP contribution < -0.4 is 15.5 Å². The molecule has 7 nitrogen and oxygen atoms in total. The molecular weight excluding hydrogens is 400 g/mol. The van der Waals surface area contributed by atoms with E-state index in [1.54, 1.807) is 11.4 Å². The van der Waals surface area contributed by atoms with Crippen molar-refractivity contribution >= 4 is 45.6 Å². The number of hydrogen-bond acceptors (Lipinski definition) is 6. The van der Waals surface area contributed by atoms with Crippen LogP contribution in [0.25, 0.3) is 0 Å². The number of carbonyl (C=O) groups excluding carboxylic acids is 2. The Morgan fingerprint density at radius 1 is 1.18 bits per heavy atom. The average molecular weight is 423 g/mol. The summed E-state index contributed by atoms with van der Waals surface area (Å²) < 4.78 is 4.70. The number of halogens is 1. The molecule has 1 aromatic heterocycles. The van der Waals surface area contributed by atoms with Crippen LogP contribution in [-0.4, -0.2) is 63.3 Å². The Balaban J connectivity index is 1.39. The molecule has 28 heavy (non-hydrogen) atoms. The van der Waals surface area contributed by atoms with E-state index in [2.05, 4.69) is 20.4 Å². The van der Waals surface area contributed by atoms with Crippen molar-refractivity contribution < 1.29 is 14.3 Å². The first kappa shape index (κ1) is 20.4. The number of nitrogens with zero attached hydrogens (tertiary/aromatic N) is 2. The zero-order valence-corrected chi connectivity index (χ0v) is 17.2. The predicted molar refractivity (Wildman–Crippen MR) is 113 cm³/mol. The quantitative estimate of drug-likeness (QED) is 0.699. The second-order valence-corrected chi connectivity index (χ2v) is 7.64. The maximum Gasteiger partial charge on any atom is 0.340 e. The van der Waals surface area contributed by atoms with Crippen LogP contribution in [0.1, 0.15) is 10.4 Å². The lowest BCUT2D eigenvalue weighted by Crippen LogP contribution is -2.48. The number of ether oxygens (including phenoxy) is 1. The number of carbonyl (C=O) groups is 2. The Bertz CT molecular complexity index is 821. The zero-order valence-electron chi connectivity index (χ0n) is 15.6. The minimum atomic E-state index is -0.465. The molecule has 0 bridgehead atoms. The van der Waals surface area contributed by atoms with Crippen LogP contribution >= 0.6 is 22.9 Å². The van der Waals surface area contributed by atoms with Crippen LogP contribution in [0, 0.1) is 0 Å². The third-order valence-corrected chi connectivity index (χ3v) is 5.73. The van der Waals surface area contributed by atoms with E-state index < -0.39 is 5.97 Å². The highest BCUT2D eigenvalue weighted by Gasteiger charge is 2.19. The van der Waals surface area contributed by atoms with Gasteiger partial charge < -0.3 is 15.0 Å². The third kappa shape index (κ3) is 5.15. The summed E-state index contributed by atoms with van der Waals surface area (Å²) in [5, 5.41) is 8.53. The summed E-state index contributed by atoms with van der Waals surface area (Å²) in [6.07, 6.45) is 0. The van der Waals surface area contributed by atoms with Crippen molar-refractivity contribution in [2.75, 3.05) is 56.6 Å². The minimum absolute atomic E-state index is 0.331. The van der Waals surface area contributed by atoms with Gasteiger partial charge in [-0.2, -0.15) is 0 Å². The monoisotopic (exact) mass is 422 g/mol. The second kappa shape index (κ2) is 9.77. The Kier molecular flexibility index (Phi) is 7.13. The molecule has 0 unspecified atom stereocenters. The number of benzene rings is 1. The lowest BCUT2D eigenvalue weighted by atomic mass is 10.2. The van der Waals surface area contributed by atoms with Gasteiger partial charge in [-0.15, -0.1) is 11.3 Å². The van der Waals surface area contributed by atoms with Crippen molar-refractivity contribution in [1.29, 1.82) is 0 Å². The molecule has 0 saturated carbocycles. The standard InChI is InChI=1S/C19H23ClN4O3S/c1-27-18(25)14-6-13-28-17(14)22-19(26)21-7-8-23-9-11-24(12-10-23)16-5-3-2-4-15(16)20/h2-6,13H,7-12H2,1H3,(H2,21,22,26). The molecule has 0 spiro atoms. The lowest BCUT2D eigenvalue weighted by Gasteiger charge is -2.36. The number of para-hydroxylation sites is 1. The molecule has 150 valence electrons. The van der Waals surface area contributed by atoms with Gasteiger partial charge in [-0.3, -0.25) is 10.2 Å². The van der Waals surface area contributed by atoms with Crippen molar-refractivity contribution in [3.63, 3.8) is 0 Å². The van der Waals surface area contributed by atoms with E-state index in [-0.39, 0.29) is 6.03 Å². The van der Waals surface area contributed by atoms with E-state index in [0.29, 0.717) is 17.1 Å². The molecule has 2 N–H and O–H groups in total. The summed E-state index contributed by atoms with van der Waals surface area (Å²) >= 11 is 7.56. The number of thiophene rings is 1. The Morgan fingerprint density at radius 3 is 2.64 bits per heavy atom. The Labute approximate surface area is 173 Å². The molecule has 2 heterocycles. The number of anilines is 2. The largest absolute Gasteiger partial charge is 0.465 e. The smallest absolute Gasteiger partial charge is 0.340 e. The van der Waals surface area contributed by atoms with Crippen LogP contribution in [0.2, 0.25) is 5.02 Å². The van der Waals surface area contributed by atoms with Crippen LogP contribution in [0.4, 0.5) is 15.5 Å². The molecule has 1 fully saturated rings. The molecule has 0 aliphatic carbocycles. The number of rotatable bonds is 6. The molecule has 0 radical (unpaired) electrons. The SMILES string of the molecule is COC(=O)c1ccsc1NC(=O)NCCN1CCN(c2ccccc2Cl)CC1. The number of methoxy groups -OCH3 is 1. The van der Waals surface area contributed by atoms with Gasteiger partial charge >= 0.3 is 12.0 Å². The number of amides is 2. The van der Waals surface area contributed by atoms with Gasteiger partial charge in [0.2, 0.25) is 0 Å². The third-order valence-electron chi connectivity index (χ3n) is 4.58. The molecule has 9 heteroatoms. The first-order chi connectivity index (χ1) is 13.6. The normalized spacial score (nSPS) is 14.6. The molecule has 0 atom stereocenters. The van der Waals surface area contributed by atoms with Crippen molar-refractivity contribution in [3.8, 4) is 0 Å². The fraction of sp³-hybridized carbons (Fsp3) is 0.368. The summed E-state index contributed by atoms with van der Waals surface area (Å²) in [4.78, 5) is 28.3. The van der Waals surface area contributed by atoms with Gasteiger partial charge in [0.05, 0.1) is 23.4 Å². The van der Waals surface area contributed by atoms with Crippen molar-refractivity contribution in [1.82, 2.24) is 10.2 Å². The molecule has 1 aliphatic rings. The minimum Gasteiger partial charge on any atom is -0.465 e. The molecule has 1 saturated heterocycles. The number of hydrogen-bond donors (Lipinski definition) is 2. The zero-order chi connectivity index (χ0) is 19.9. The highest BCUT2D eigenvalue weighted by Crippen LogP contribution is 2.26. The van der Waals surface area contributed by atoms with Crippen molar-refractivity contribution in [2.24, 2.45) is 0 Å². The fourth-order valence-corrected chi connectivity index (χ4v) is 4.10. The predicted octanol–water partition coefficient (Wildman–Crippen LogP) is 3.13. The lowest BCUT2D eigenvalue weighted by molar-refractivity contribution is 0.0602. The molecule has 1 aliphatic heterocycles. The highest BCUT2D eigenvalue weighted by atomic mass is 35.5. The number of nitrogens with one attached hydrogen (secondary N) is 2. The number of esters is 1. The summed E-state index contributed by atoms with van der Waals surface area (Å²) in [6.45, 7) is 4.90. The van der Waals surface area contributed by atoms with Crippen molar-refractivity contribution in [3.05, 3.63) is 46.3 Å². The summed E-state index contributed by atoms with van der Waals surface area (Å²) in [7, 11) is 1.31. The van der Waals surface area contributed by atoms with Crippen LogP contribution in [-0.2, 0) is 4.74 Å².